The number of para-hydroxylation sites is 3. The smallest absolute Gasteiger partial charge is 0.0616 e. The summed E-state index contributed by atoms with van der Waals surface area (Å²) in [4.78, 5) is 4.95. The summed E-state index contributed by atoms with van der Waals surface area (Å²) in [7, 11) is 0. The summed E-state index contributed by atoms with van der Waals surface area (Å²) in [6, 6.07) is 41.4. The zero-order valence-electron chi connectivity index (χ0n) is 23.4. The van der Waals surface area contributed by atoms with Crippen LogP contribution in [0.4, 0.5) is 28.4 Å². The summed E-state index contributed by atoms with van der Waals surface area (Å²) in [6.07, 6.45) is 14.9. The lowest BCUT2D eigenvalue weighted by Crippen LogP contribution is -2.22. The van der Waals surface area contributed by atoms with Crippen molar-refractivity contribution < 1.29 is 0 Å². The van der Waals surface area contributed by atoms with Gasteiger partial charge in [-0.1, -0.05) is 110 Å². The largest absolute Gasteiger partial charge is 0.310 e. The van der Waals surface area contributed by atoms with Gasteiger partial charge in [0.05, 0.1) is 11.4 Å². The quantitative estimate of drug-likeness (QED) is 0.201. The van der Waals surface area contributed by atoms with E-state index in [9.17, 15) is 0 Å². The van der Waals surface area contributed by atoms with Gasteiger partial charge in [0.15, 0.2) is 0 Å². The van der Waals surface area contributed by atoms with Crippen molar-refractivity contribution in [1.29, 1.82) is 0 Å². The normalized spacial score (nSPS) is 15.8. The molecule has 5 aromatic rings. The van der Waals surface area contributed by atoms with E-state index < -0.39 is 0 Å². The first kappa shape index (κ1) is 25.2. The van der Waals surface area contributed by atoms with E-state index in [1.54, 1.807) is 0 Å². The first-order valence-corrected chi connectivity index (χ1v) is 14.7. The molecule has 0 amide bonds. The number of rotatable bonds is 6. The lowest BCUT2D eigenvalue weighted by Gasteiger charge is -2.36. The predicted octanol–water partition coefficient (Wildman–Crippen LogP) is 10.9. The number of hydrogen-bond acceptors (Lipinski definition) is 2. The summed E-state index contributed by atoms with van der Waals surface area (Å²) in [6.45, 7) is 2.31. The Hall–Kier alpha value is -4.82. The van der Waals surface area contributed by atoms with E-state index in [1.165, 1.54) is 44.7 Å². The maximum absolute atomic E-state index is 2.51. The number of fused-ring (bicyclic) bond motifs is 2. The molecule has 0 heterocycles. The molecule has 0 fully saturated rings. The molecule has 0 aromatic heterocycles. The highest BCUT2D eigenvalue weighted by Gasteiger charge is 2.29. The molecule has 0 saturated heterocycles. The number of benzene rings is 5. The van der Waals surface area contributed by atoms with Crippen LogP contribution in [0.15, 0.2) is 145 Å². The average molecular weight is 531 g/mol. The minimum Gasteiger partial charge on any atom is -0.310 e. The van der Waals surface area contributed by atoms with E-state index in [2.05, 4.69) is 162 Å². The molecule has 0 radical (unpaired) electrons. The molecule has 0 spiro atoms. The molecule has 0 N–H and O–H groups in total. The van der Waals surface area contributed by atoms with Gasteiger partial charge < -0.3 is 9.80 Å². The summed E-state index contributed by atoms with van der Waals surface area (Å²) < 4.78 is 0. The van der Waals surface area contributed by atoms with Gasteiger partial charge in [0.2, 0.25) is 0 Å². The molecular weight excluding hydrogens is 496 g/mol. The van der Waals surface area contributed by atoms with E-state index in [4.69, 9.17) is 0 Å². The van der Waals surface area contributed by atoms with Crippen LogP contribution in [0.1, 0.15) is 30.9 Å². The Kier molecular flexibility index (Phi) is 6.74. The Balaban J connectivity index is 1.58. The highest BCUT2D eigenvalue weighted by molar-refractivity contribution is 6.11. The van der Waals surface area contributed by atoms with Gasteiger partial charge in [0, 0.05) is 39.1 Å². The van der Waals surface area contributed by atoms with Crippen molar-refractivity contribution in [2.75, 3.05) is 9.80 Å². The van der Waals surface area contributed by atoms with Crippen molar-refractivity contribution in [2.45, 2.75) is 26.2 Å². The molecule has 5 aromatic carbocycles. The molecule has 2 aliphatic carbocycles. The van der Waals surface area contributed by atoms with Crippen LogP contribution in [0.3, 0.4) is 0 Å². The van der Waals surface area contributed by atoms with Gasteiger partial charge in [0.25, 0.3) is 0 Å². The third-order valence-corrected chi connectivity index (χ3v) is 8.15. The molecule has 2 nitrogen and oxygen atoms in total. The van der Waals surface area contributed by atoms with Gasteiger partial charge in [-0.25, -0.2) is 0 Å². The van der Waals surface area contributed by atoms with Crippen molar-refractivity contribution in [3.8, 4) is 0 Å². The Labute approximate surface area is 243 Å². The maximum Gasteiger partial charge on any atom is 0.0616 e. The molecule has 0 saturated carbocycles. The second-order valence-electron chi connectivity index (χ2n) is 11.0. The first-order chi connectivity index (χ1) is 20.3. The Morgan fingerprint density at radius 1 is 0.561 bits per heavy atom. The maximum atomic E-state index is 2.51. The number of hydrogen-bond donors (Lipinski definition) is 0. The van der Waals surface area contributed by atoms with Gasteiger partial charge in [-0.05, 0) is 73.2 Å². The van der Waals surface area contributed by atoms with Gasteiger partial charge >= 0.3 is 0 Å². The van der Waals surface area contributed by atoms with Crippen LogP contribution in [-0.4, -0.2) is 0 Å². The highest BCUT2D eigenvalue weighted by atomic mass is 15.2. The second-order valence-corrected chi connectivity index (χ2v) is 11.0. The van der Waals surface area contributed by atoms with Gasteiger partial charge in [-0.15, -0.1) is 0 Å². The Morgan fingerprint density at radius 2 is 1.10 bits per heavy atom. The van der Waals surface area contributed by atoms with Gasteiger partial charge in [-0.2, -0.15) is 0 Å². The summed E-state index contributed by atoms with van der Waals surface area (Å²) in [5.41, 5.74) is 9.97. The summed E-state index contributed by atoms with van der Waals surface area (Å²) in [5.74, 6) is 0.495. The minimum absolute atomic E-state index is 0.495. The van der Waals surface area contributed by atoms with Crippen molar-refractivity contribution in [2.24, 2.45) is 5.92 Å². The standard InChI is InChI=1S/C39H34N2/c1-29-16-15-23-33(28-29)41(32-21-9-4-10-22-32)39-36-26-13-11-24-34(36)38(35-25-12-14-27-37(35)39)40(30-17-5-2-6-18-30)31-19-7-3-8-20-31/h2-13,15,17-26,28-29H,14,16,27H2,1H3. The zero-order valence-corrected chi connectivity index (χ0v) is 23.4. The van der Waals surface area contributed by atoms with Gasteiger partial charge in [-0.3, -0.25) is 0 Å². The van der Waals surface area contributed by atoms with Gasteiger partial charge in [0.1, 0.15) is 0 Å². The number of nitrogens with zero attached hydrogens (tertiary/aromatic N) is 2. The third kappa shape index (κ3) is 4.66. The van der Waals surface area contributed by atoms with Crippen molar-refractivity contribution in [3.05, 3.63) is 156 Å². The van der Waals surface area contributed by atoms with Crippen LogP contribution in [0.2, 0.25) is 0 Å². The second kappa shape index (κ2) is 11.0. The Bertz CT molecular complexity index is 1730. The molecule has 0 bridgehead atoms. The van der Waals surface area contributed by atoms with Crippen LogP contribution < -0.4 is 9.80 Å². The summed E-state index contributed by atoms with van der Waals surface area (Å²) in [5, 5.41) is 2.51. The van der Waals surface area contributed by atoms with Crippen molar-refractivity contribution >= 4 is 45.3 Å². The predicted molar refractivity (Wildman–Crippen MR) is 176 cm³/mol. The average Bonchev–Trinajstić information content (AvgIpc) is 3.04. The first-order valence-electron chi connectivity index (χ1n) is 14.7. The third-order valence-electron chi connectivity index (χ3n) is 8.15. The topological polar surface area (TPSA) is 6.48 Å². The molecule has 41 heavy (non-hydrogen) atoms. The van der Waals surface area contributed by atoms with Crippen molar-refractivity contribution in [1.82, 2.24) is 0 Å². The Morgan fingerprint density at radius 3 is 1.68 bits per heavy atom. The fraction of sp³-hybridized carbons (Fsp3) is 0.128. The molecule has 7 rings (SSSR count). The lowest BCUT2D eigenvalue weighted by atomic mass is 9.87. The number of allylic oxidation sites excluding steroid dienone is 4. The molecule has 2 aliphatic rings. The van der Waals surface area contributed by atoms with Crippen LogP contribution in [0.5, 0.6) is 0 Å². The van der Waals surface area contributed by atoms with E-state index in [-0.39, 0.29) is 0 Å². The fourth-order valence-corrected chi connectivity index (χ4v) is 6.35. The number of anilines is 5. The van der Waals surface area contributed by atoms with E-state index in [0.29, 0.717) is 5.92 Å². The zero-order chi connectivity index (χ0) is 27.6. The van der Waals surface area contributed by atoms with Crippen LogP contribution >= 0.6 is 0 Å². The summed E-state index contributed by atoms with van der Waals surface area (Å²) >= 11 is 0. The SMILES string of the molecule is CC1C=C(N(c2ccccc2)c2c3c(c(N(c4ccccc4)c4ccccc4)c4ccccc24)C=CCC3)C=CC1. The van der Waals surface area contributed by atoms with Crippen molar-refractivity contribution in [3.63, 3.8) is 0 Å². The van der Waals surface area contributed by atoms with E-state index in [0.717, 1.165) is 30.6 Å². The molecule has 1 atom stereocenters. The van der Waals surface area contributed by atoms with E-state index in [1.807, 2.05) is 0 Å². The minimum atomic E-state index is 0.495. The lowest BCUT2D eigenvalue weighted by molar-refractivity contribution is 0.726. The molecule has 0 aliphatic heterocycles. The molecule has 1 unspecified atom stereocenters. The highest BCUT2D eigenvalue weighted by Crippen LogP contribution is 2.50. The monoisotopic (exact) mass is 530 g/mol. The van der Waals surface area contributed by atoms with E-state index >= 15 is 0 Å². The molecular formula is C39H34N2. The fourth-order valence-electron chi connectivity index (χ4n) is 6.35. The van der Waals surface area contributed by atoms with Crippen LogP contribution in [0, 0.1) is 5.92 Å². The molecule has 2 heteroatoms. The molecule has 200 valence electrons. The van der Waals surface area contributed by atoms with Crippen LogP contribution in [0.25, 0.3) is 16.8 Å². The van der Waals surface area contributed by atoms with Crippen LogP contribution in [-0.2, 0) is 6.42 Å².